The fraction of sp³-hybridized carbons (Fsp3) is 0.304. The minimum atomic E-state index is 0.215. The van der Waals surface area contributed by atoms with E-state index < -0.39 is 0 Å². The highest BCUT2D eigenvalue weighted by Crippen LogP contribution is 2.29. The van der Waals surface area contributed by atoms with E-state index in [0.29, 0.717) is 28.3 Å². The van der Waals surface area contributed by atoms with Gasteiger partial charge in [-0.15, -0.1) is 10.2 Å². The third kappa shape index (κ3) is 4.56. The van der Waals surface area contributed by atoms with E-state index in [4.69, 9.17) is 16.9 Å². The molecule has 4 aromatic rings. The quantitative estimate of drug-likeness (QED) is 0.428. The van der Waals surface area contributed by atoms with Crippen LogP contribution < -0.4 is 15.5 Å². The normalized spacial score (nSPS) is 18.0. The molecule has 5 rings (SSSR count). The van der Waals surface area contributed by atoms with E-state index in [1.54, 1.807) is 18.7 Å². The average Bonchev–Trinajstić information content (AvgIpc) is 3.34. The summed E-state index contributed by atoms with van der Waals surface area (Å²) in [7, 11) is 0. The molecule has 11 heteroatoms. The molecule has 0 bridgehead atoms. The van der Waals surface area contributed by atoms with Gasteiger partial charge in [-0.25, -0.2) is 9.97 Å². The molecule has 1 fully saturated rings. The van der Waals surface area contributed by atoms with Crippen molar-refractivity contribution in [3.63, 3.8) is 0 Å². The Morgan fingerprint density at radius 2 is 2.15 bits per heavy atom. The Morgan fingerprint density at radius 1 is 1.24 bits per heavy atom. The zero-order valence-corrected chi connectivity index (χ0v) is 19.3. The number of nitriles is 1. The van der Waals surface area contributed by atoms with Crippen molar-refractivity contribution >= 4 is 40.5 Å². The van der Waals surface area contributed by atoms with Gasteiger partial charge in [-0.05, 0) is 37.0 Å². The number of nitrogens with zero attached hydrogens (tertiary/aromatic N) is 8. The lowest BCUT2D eigenvalue weighted by molar-refractivity contribution is 0.365. The van der Waals surface area contributed by atoms with Gasteiger partial charge >= 0.3 is 0 Å². The highest BCUT2D eigenvalue weighted by atomic mass is 35.5. The fourth-order valence-electron chi connectivity index (χ4n) is 4.21. The molecule has 2 unspecified atom stereocenters. The second-order valence-corrected chi connectivity index (χ2v) is 8.60. The van der Waals surface area contributed by atoms with Gasteiger partial charge in [-0.1, -0.05) is 18.5 Å². The van der Waals surface area contributed by atoms with Crippen LogP contribution in [0.2, 0.25) is 5.02 Å². The topological polar surface area (TPSA) is 120 Å². The number of hydrogen-bond donors (Lipinski definition) is 2. The maximum Gasteiger partial charge on any atom is 0.229 e. The number of piperidine rings is 1. The molecule has 0 aromatic carbocycles. The van der Waals surface area contributed by atoms with E-state index in [-0.39, 0.29) is 6.04 Å². The van der Waals surface area contributed by atoms with Gasteiger partial charge in [0, 0.05) is 43.3 Å². The molecule has 34 heavy (non-hydrogen) atoms. The summed E-state index contributed by atoms with van der Waals surface area (Å²) in [6, 6.07) is 9.83. The molecular formula is C23H23ClN10. The molecule has 10 nitrogen and oxygen atoms in total. The SMILES string of the molecule is CCC1CN(c2ccc(C#N)cn2)CCC1Nc1nc(Nc2ccn3cnnc3c2)ncc1Cl. The molecule has 1 aliphatic rings. The third-order valence-corrected chi connectivity index (χ3v) is 6.36. The number of fused-ring (bicyclic) bond motifs is 1. The Balaban J connectivity index is 1.28. The van der Waals surface area contributed by atoms with E-state index >= 15 is 0 Å². The van der Waals surface area contributed by atoms with Crippen LogP contribution in [0.5, 0.6) is 0 Å². The third-order valence-electron chi connectivity index (χ3n) is 6.08. The van der Waals surface area contributed by atoms with Crippen molar-refractivity contribution in [2.45, 2.75) is 25.8 Å². The van der Waals surface area contributed by atoms with Crippen LogP contribution in [0.4, 0.5) is 23.3 Å². The maximum atomic E-state index is 9.01. The van der Waals surface area contributed by atoms with Gasteiger partial charge in [0.2, 0.25) is 5.95 Å². The molecule has 2 N–H and O–H groups in total. The van der Waals surface area contributed by atoms with Crippen molar-refractivity contribution in [1.29, 1.82) is 5.26 Å². The largest absolute Gasteiger partial charge is 0.366 e. The average molecular weight is 475 g/mol. The van der Waals surface area contributed by atoms with Crippen LogP contribution in [-0.4, -0.2) is 48.7 Å². The summed E-state index contributed by atoms with van der Waals surface area (Å²) in [5.74, 6) is 2.33. The van der Waals surface area contributed by atoms with Crippen LogP contribution in [0.3, 0.4) is 0 Å². The van der Waals surface area contributed by atoms with Crippen LogP contribution in [0.1, 0.15) is 25.3 Å². The number of rotatable bonds is 6. The highest BCUT2D eigenvalue weighted by Gasteiger charge is 2.29. The Kier molecular flexibility index (Phi) is 6.10. The Hall–Kier alpha value is -3.97. The summed E-state index contributed by atoms with van der Waals surface area (Å²) in [6.07, 6.45) is 8.65. The van der Waals surface area contributed by atoms with Crippen molar-refractivity contribution in [3.05, 3.63) is 59.8 Å². The standard InChI is InChI=1S/C23H23ClN10/c1-2-16-13-33(20-4-3-15(10-25)11-26-20)8-6-19(16)30-22-18(24)12-27-23(31-22)29-17-5-7-34-14-28-32-21(34)9-17/h3-5,7,9,11-12,14,16,19H,2,6,8,13H2,1H3,(H2,27,29,30,31). The molecule has 172 valence electrons. The Morgan fingerprint density at radius 3 is 2.94 bits per heavy atom. The molecule has 1 saturated heterocycles. The van der Waals surface area contributed by atoms with Crippen LogP contribution in [-0.2, 0) is 0 Å². The second kappa shape index (κ2) is 9.49. The molecule has 2 atom stereocenters. The first-order valence-electron chi connectivity index (χ1n) is 11.1. The molecule has 0 aliphatic carbocycles. The summed E-state index contributed by atoms with van der Waals surface area (Å²) in [4.78, 5) is 15.7. The van der Waals surface area contributed by atoms with E-state index in [1.807, 2.05) is 34.9 Å². The van der Waals surface area contributed by atoms with Gasteiger partial charge in [0.1, 0.15) is 23.2 Å². The summed E-state index contributed by atoms with van der Waals surface area (Å²) in [6.45, 7) is 3.89. The van der Waals surface area contributed by atoms with E-state index in [1.165, 1.54) is 0 Å². The van der Waals surface area contributed by atoms with E-state index in [0.717, 1.165) is 43.1 Å². The molecule has 0 radical (unpaired) electrons. The number of hydrogen-bond acceptors (Lipinski definition) is 9. The van der Waals surface area contributed by atoms with Gasteiger partial charge in [0.15, 0.2) is 11.5 Å². The molecule has 0 amide bonds. The smallest absolute Gasteiger partial charge is 0.229 e. The van der Waals surface area contributed by atoms with Crippen molar-refractivity contribution < 1.29 is 0 Å². The lowest BCUT2D eigenvalue weighted by Crippen LogP contribution is -2.46. The fourth-order valence-corrected chi connectivity index (χ4v) is 4.36. The van der Waals surface area contributed by atoms with Crippen LogP contribution in [0.15, 0.2) is 49.2 Å². The van der Waals surface area contributed by atoms with Crippen molar-refractivity contribution in [2.24, 2.45) is 5.92 Å². The van der Waals surface area contributed by atoms with Crippen molar-refractivity contribution in [3.8, 4) is 6.07 Å². The van der Waals surface area contributed by atoms with Gasteiger partial charge in [0.25, 0.3) is 0 Å². The first-order chi connectivity index (χ1) is 16.6. The lowest BCUT2D eigenvalue weighted by Gasteiger charge is -2.39. The molecule has 0 spiro atoms. The number of pyridine rings is 2. The zero-order valence-electron chi connectivity index (χ0n) is 18.6. The molecule has 1 aliphatic heterocycles. The monoisotopic (exact) mass is 474 g/mol. The summed E-state index contributed by atoms with van der Waals surface area (Å²) in [5, 5.41) is 24.2. The van der Waals surface area contributed by atoms with Crippen LogP contribution >= 0.6 is 11.6 Å². The van der Waals surface area contributed by atoms with E-state index in [9.17, 15) is 0 Å². The number of anilines is 4. The predicted molar refractivity (Wildman–Crippen MR) is 130 cm³/mol. The van der Waals surface area contributed by atoms with Crippen LogP contribution in [0.25, 0.3) is 5.65 Å². The number of nitrogens with one attached hydrogen (secondary N) is 2. The Labute approximate surface area is 201 Å². The zero-order chi connectivity index (χ0) is 23.5. The minimum absolute atomic E-state index is 0.215. The van der Waals surface area contributed by atoms with Crippen molar-refractivity contribution in [2.75, 3.05) is 28.6 Å². The first-order valence-corrected chi connectivity index (χ1v) is 11.5. The summed E-state index contributed by atoms with van der Waals surface area (Å²) >= 11 is 6.44. The number of aromatic nitrogens is 6. The highest BCUT2D eigenvalue weighted by molar-refractivity contribution is 6.32. The molecule has 5 heterocycles. The second-order valence-electron chi connectivity index (χ2n) is 8.20. The first kappa shape index (κ1) is 21.9. The number of halogens is 1. The summed E-state index contributed by atoms with van der Waals surface area (Å²) < 4.78 is 1.82. The molecule has 4 aromatic heterocycles. The van der Waals surface area contributed by atoms with E-state index in [2.05, 4.69) is 53.7 Å². The molecular weight excluding hydrogens is 452 g/mol. The van der Waals surface area contributed by atoms with Gasteiger partial charge < -0.3 is 15.5 Å². The van der Waals surface area contributed by atoms with Gasteiger partial charge in [-0.2, -0.15) is 10.2 Å². The Bertz CT molecular complexity index is 1330. The predicted octanol–water partition coefficient (Wildman–Crippen LogP) is 3.90. The molecule has 0 saturated carbocycles. The maximum absolute atomic E-state index is 9.01. The van der Waals surface area contributed by atoms with Crippen LogP contribution in [0, 0.1) is 17.2 Å². The minimum Gasteiger partial charge on any atom is -0.366 e. The van der Waals surface area contributed by atoms with Crippen molar-refractivity contribution in [1.82, 2.24) is 29.5 Å². The lowest BCUT2D eigenvalue weighted by atomic mass is 9.90. The van der Waals surface area contributed by atoms with Gasteiger partial charge in [0.05, 0.1) is 11.8 Å². The van der Waals surface area contributed by atoms with Gasteiger partial charge in [-0.3, -0.25) is 4.40 Å². The summed E-state index contributed by atoms with van der Waals surface area (Å²) in [5.41, 5.74) is 2.10.